The summed E-state index contributed by atoms with van der Waals surface area (Å²) in [5.41, 5.74) is 0. The summed E-state index contributed by atoms with van der Waals surface area (Å²) in [4.78, 5) is 0. The first kappa shape index (κ1) is 9.86. The van der Waals surface area contributed by atoms with E-state index < -0.39 is 0 Å². The van der Waals surface area contributed by atoms with Crippen LogP contribution in [0.5, 0.6) is 5.19 Å². The predicted molar refractivity (Wildman–Crippen MR) is 55.7 cm³/mol. The van der Waals surface area contributed by atoms with Gasteiger partial charge < -0.3 is 10.1 Å². The van der Waals surface area contributed by atoms with Crippen molar-refractivity contribution in [3.8, 4) is 5.19 Å². The molecule has 0 aliphatic heterocycles. The van der Waals surface area contributed by atoms with Crippen LogP contribution in [0.25, 0.3) is 0 Å². The second-order valence-corrected chi connectivity index (χ2v) is 4.87. The van der Waals surface area contributed by atoms with Crippen LogP contribution < -0.4 is 10.1 Å². The molecule has 0 bridgehead atoms. The van der Waals surface area contributed by atoms with Crippen molar-refractivity contribution in [3.05, 3.63) is 5.01 Å². The van der Waals surface area contributed by atoms with Gasteiger partial charge in [0.1, 0.15) is 11.1 Å². The first-order valence-corrected chi connectivity index (χ1v) is 5.71. The molecular formula is C9H15N3OS. The highest BCUT2D eigenvalue weighted by Gasteiger charge is 2.30. The van der Waals surface area contributed by atoms with Gasteiger partial charge in [0, 0.05) is 0 Å². The highest BCUT2D eigenvalue weighted by atomic mass is 32.1. The second-order valence-electron chi connectivity index (χ2n) is 3.72. The average Bonchev–Trinajstić information content (AvgIpc) is 2.48. The van der Waals surface area contributed by atoms with E-state index in [2.05, 4.69) is 15.5 Å². The van der Waals surface area contributed by atoms with E-state index in [1.54, 1.807) is 0 Å². The zero-order chi connectivity index (χ0) is 9.97. The Hall–Kier alpha value is -0.680. The molecule has 5 heteroatoms. The van der Waals surface area contributed by atoms with Crippen molar-refractivity contribution < 1.29 is 4.74 Å². The predicted octanol–water partition coefficient (Wildman–Crippen LogP) is 1.22. The summed E-state index contributed by atoms with van der Waals surface area (Å²) in [6.45, 7) is 3.03. The van der Waals surface area contributed by atoms with Crippen LogP contribution in [0.1, 0.15) is 17.8 Å². The Morgan fingerprint density at radius 2 is 2.29 bits per heavy atom. The van der Waals surface area contributed by atoms with E-state index in [1.807, 2.05) is 14.0 Å². The van der Waals surface area contributed by atoms with Crippen LogP contribution in [-0.2, 0) is 0 Å². The molecule has 1 aliphatic rings. The van der Waals surface area contributed by atoms with Crippen LogP contribution in [0, 0.1) is 12.8 Å². The van der Waals surface area contributed by atoms with Crippen molar-refractivity contribution in [3.63, 3.8) is 0 Å². The van der Waals surface area contributed by atoms with Gasteiger partial charge in [-0.2, -0.15) is 0 Å². The number of nitrogens with zero attached hydrogens (tertiary/aromatic N) is 2. The van der Waals surface area contributed by atoms with Gasteiger partial charge in [0.15, 0.2) is 0 Å². The fraction of sp³-hybridized carbons (Fsp3) is 0.778. The molecule has 0 unspecified atom stereocenters. The van der Waals surface area contributed by atoms with Crippen molar-refractivity contribution in [2.45, 2.75) is 25.9 Å². The van der Waals surface area contributed by atoms with Crippen LogP contribution in [-0.4, -0.2) is 29.9 Å². The van der Waals surface area contributed by atoms with E-state index in [4.69, 9.17) is 4.74 Å². The maximum atomic E-state index is 5.66. The van der Waals surface area contributed by atoms with Crippen molar-refractivity contribution in [1.29, 1.82) is 0 Å². The van der Waals surface area contributed by atoms with Gasteiger partial charge in [0.2, 0.25) is 0 Å². The highest BCUT2D eigenvalue weighted by Crippen LogP contribution is 2.31. The Morgan fingerprint density at radius 1 is 1.50 bits per heavy atom. The lowest BCUT2D eigenvalue weighted by Gasteiger charge is -2.34. The quantitative estimate of drug-likeness (QED) is 0.817. The largest absolute Gasteiger partial charge is 0.466 e. The summed E-state index contributed by atoms with van der Waals surface area (Å²) in [6, 6.07) is 0. The van der Waals surface area contributed by atoms with E-state index >= 15 is 0 Å². The minimum atomic E-state index is 0.362. The second kappa shape index (κ2) is 4.23. The van der Waals surface area contributed by atoms with Crippen molar-refractivity contribution in [2.75, 3.05) is 13.6 Å². The Labute approximate surface area is 87.7 Å². The van der Waals surface area contributed by atoms with Gasteiger partial charge in [0.05, 0.1) is 0 Å². The summed E-state index contributed by atoms with van der Waals surface area (Å²) >= 11 is 1.52. The third-order valence-electron chi connectivity index (χ3n) is 2.46. The lowest BCUT2D eigenvalue weighted by Crippen LogP contribution is -2.38. The van der Waals surface area contributed by atoms with Crippen LogP contribution in [0.15, 0.2) is 0 Å². The standard InChI is InChI=1S/C9H15N3OS/c1-6-11-12-9(14-6)13-8-3-7(4-8)5-10-2/h7-8,10H,3-5H2,1-2H3. The molecule has 0 amide bonds. The zero-order valence-corrected chi connectivity index (χ0v) is 9.30. The molecule has 1 saturated carbocycles. The summed E-state index contributed by atoms with van der Waals surface area (Å²) in [6.07, 6.45) is 2.64. The average molecular weight is 213 g/mol. The van der Waals surface area contributed by atoms with E-state index in [-0.39, 0.29) is 0 Å². The van der Waals surface area contributed by atoms with E-state index in [0.717, 1.165) is 35.5 Å². The maximum Gasteiger partial charge on any atom is 0.294 e. The minimum absolute atomic E-state index is 0.362. The van der Waals surface area contributed by atoms with Crippen LogP contribution in [0.4, 0.5) is 0 Å². The molecule has 1 aliphatic carbocycles. The van der Waals surface area contributed by atoms with Gasteiger partial charge in [0.25, 0.3) is 5.19 Å². The minimum Gasteiger partial charge on any atom is -0.466 e. The molecule has 0 saturated heterocycles. The van der Waals surface area contributed by atoms with Gasteiger partial charge >= 0.3 is 0 Å². The van der Waals surface area contributed by atoms with Crippen LogP contribution in [0.3, 0.4) is 0 Å². The lowest BCUT2D eigenvalue weighted by atomic mass is 9.82. The summed E-state index contributed by atoms with van der Waals surface area (Å²) in [7, 11) is 1.99. The molecule has 1 aromatic rings. The molecule has 4 nitrogen and oxygen atoms in total. The number of rotatable bonds is 4. The molecule has 0 spiro atoms. The van der Waals surface area contributed by atoms with Crippen molar-refractivity contribution in [1.82, 2.24) is 15.5 Å². The van der Waals surface area contributed by atoms with Gasteiger partial charge in [-0.05, 0) is 39.3 Å². The molecule has 78 valence electrons. The molecule has 1 aromatic heterocycles. The lowest BCUT2D eigenvalue weighted by molar-refractivity contribution is 0.0648. The van der Waals surface area contributed by atoms with Crippen molar-refractivity contribution >= 4 is 11.3 Å². The molecule has 1 N–H and O–H groups in total. The van der Waals surface area contributed by atoms with Crippen molar-refractivity contribution in [2.24, 2.45) is 5.92 Å². The fourth-order valence-electron chi connectivity index (χ4n) is 1.69. The molecule has 1 fully saturated rings. The van der Waals surface area contributed by atoms with Gasteiger partial charge in [-0.15, -0.1) is 10.2 Å². The number of aryl methyl sites for hydroxylation is 1. The topological polar surface area (TPSA) is 47.0 Å². The fourth-order valence-corrected chi connectivity index (χ4v) is 2.29. The third kappa shape index (κ3) is 2.22. The van der Waals surface area contributed by atoms with Gasteiger partial charge in [-0.25, -0.2) is 0 Å². The number of ether oxygens (including phenoxy) is 1. The molecular weight excluding hydrogens is 198 g/mol. The Kier molecular flexibility index (Phi) is 2.98. The van der Waals surface area contributed by atoms with Crippen LogP contribution in [0.2, 0.25) is 0 Å². The van der Waals surface area contributed by atoms with E-state index in [9.17, 15) is 0 Å². The number of hydrogen-bond donors (Lipinski definition) is 1. The molecule has 0 radical (unpaired) electrons. The van der Waals surface area contributed by atoms with Gasteiger partial charge in [-0.1, -0.05) is 11.3 Å². The van der Waals surface area contributed by atoms with Crippen LogP contribution >= 0.6 is 11.3 Å². The maximum absolute atomic E-state index is 5.66. The van der Waals surface area contributed by atoms with E-state index in [1.165, 1.54) is 11.3 Å². The number of hydrogen-bond acceptors (Lipinski definition) is 5. The molecule has 2 rings (SSSR count). The summed E-state index contributed by atoms with van der Waals surface area (Å²) in [5, 5.41) is 12.7. The Morgan fingerprint density at radius 3 is 2.86 bits per heavy atom. The molecule has 14 heavy (non-hydrogen) atoms. The first-order valence-electron chi connectivity index (χ1n) is 4.89. The normalized spacial score (nSPS) is 25.9. The zero-order valence-electron chi connectivity index (χ0n) is 8.49. The summed E-state index contributed by atoms with van der Waals surface area (Å²) in [5.74, 6) is 0.777. The number of aromatic nitrogens is 2. The highest BCUT2D eigenvalue weighted by molar-refractivity contribution is 7.12. The molecule has 1 heterocycles. The molecule has 0 aromatic carbocycles. The number of nitrogens with one attached hydrogen (secondary N) is 1. The van der Waals surface area contributed by atoms with Gasteiger partial charge in [-0.3, -0.25) is 0 Å². The Balaban J connectivity index is 1.74. The first-order chi connectivity index (χ1) is 6.78. The third-order valence-corrected chi connectivity index (χ3v) is 3.19. The molecule has 0 atom stereocenters. The smallest absolute Gasteiger partial charge is 0.294 e. The van der Waals surface area contributed by atoms with E-state index in [0.29, 0.717) is 6.10 Å². The monoisotopic (exact) mass is 213 g/mol. The Bertz CT molecular complexity index is 296. The SMILES string of the molecule is CNCC1CC(Oc2nnc(C)s2)C1. The summed E-state index contributed by atoms with van der Waals surface area (Å²) < 4.78 is 5.66.